The Hall–Kier alpha value is -1.60. The van der Waals surface area contributed by atoms with Gasteiger partial charge in [-0.05, 0) is 78.9 Å². The van der Waals surface area contributed by atoms with Gasteiger partial charge in [0.1, 0.15) is 5.60 Å². The number of amides is 1. The van der Waals surface area contributed by atoms with Crippen molar-refractivity contribution in [3.63, 3.8) is 0 Å². The fraction of sp³-hybridized carbons (Fsp3) is 0.714. The van der Waals surface area contributed by atoms with Crippen molar-refractivity contribution >= 4 is 18.7 Å². The summed E-state index contributed by atoms with van der Waals surface area (Å²) in [5, 5.41) is 0. The summed E-state index contributed by atoms with van der Waals surface area (Å²) in [6, 6.07) is -0.109. The molecule has 0 bridgehead atoms. The molecular weight excluding hydrogens is 355 g/mol. The Labute approximate surface area is 173 Å². The topological polar surface area (TPSA) is 60.9 Å². The van der Waals surface area contributed by atoms with Crippen LogP contribution in [0.4, 0.5) is 4.79 Å². The van der Waals surface area contributed by atoms with Crippen molar-refractivity contribution in [2.45, 2.75) is 84.0 Å². The highest BCUT2D eigenvalue weighted by atomic mass is 16.7. The number of piperidine rings is 1. The summed E-state index contributed by atoms with van der Waals surface area (Å²) in [4.78, 5) is 18.4. The highest BCUT2D eigenvalue weighted by molar-refractivity contribution is 6.62. The first-order chi connectivity index (χ1) is 14.1. The standard InChI is InChI=1S/C21H33BN2O4/c1-19(2,3)26-18(25)24-12-8-9-15(14-24)17-13-16(10-11-23-17)22-27-20(4,5)21(6,7)28-22/h10-11,13,15H,8-9,12,14H2,1-7H3/i10D,11D,13D. The molecular formula is C21H33BN2O4. The zero-order valence-corrected chi connectivity index (χ0v) is 18.0. The van der Waals surface area contributed by atoms with Gasteiger partial charge in [-0.2, -0.15) is 0 Å². The fourth-order valence-corrected chi connectivity index (χ4v) is 3.31. The van der Waals surface area contributed by atoms with Crippen molar-refractivity contribution in [2.75, 3.05) is 13.1 Å². The van der Waals surface area contributed by atoms with Gasteiger partial charge in [-0.1, -0.05) is 0 Å². The third-order valence-corrected chi connectivity index (χ3v) is 5.58. The first kappa shape index (κ1) is 17.3. The molecule has 2 aliphatic heterocycles. The van der Waals surface area contributed by atoms with Crippen molar-refractivity contribution in [3.8, 4) is 0 Å². The summed E-state index contributed by atoms with van der Waals surface area (Å²) >= 11 is 0. The fourth-order valence-electron chi connectivity index (χ4n) is 3.31. The molecule has 0 spiro atoms. The van der Waals surface area contributed by atoms with E-state index < -0.39 is 30.0 Å². The largest absolute Gasteiger partial charge is 0.494 e. The summed E-state index contributed by atoms with van der Waals surface area (Å²) < 4.78 is 43.0. The Morgan fingerprint density at radius 3 is 2.57 bits per heavy atom. The summed E-state index contributed by atoms with van der Waals surface area (Å²) in [5.74, 6) is -0.223. The van der Waals surface area contributed by atoms with Crippen molar-refractivity contribution < 1.29 is 23.0 Å². The first-order valence-corrected chi connectivity index (χ1v) is 9.94. The van der Waals surface area contributed by atoms with Crippen LogP contribution in [0.15, 0.2) is 18.3 Å². The molecule has 2 saturated heterocycles. The molecule has 0 saturated carbocycles. The maximum atomic E-state index is 12.5. The molecule has 2 aliphatic rings. The Kier molecular flexibility index (Phi) is 4.53. The van der Waals surface area contributed by atoms with Gasteiger partial charge in [-0.25, -0.2) is 4.79 Å². The molecule has 1 aromatic rings. The third kappa shape index (κ3) is 4.52. The van der Waals surface area contributed by atoms with Crippen LogP contribution in [0.2, 0.25) is 0 Å². The van der Waals surface area contributed by atoms with Crippen LogP contribution >= 0.6 is 0 Å². The third-order valence-electron chi connectivity index (χ3n) is 5.58. The number of aromatic nitrogens is 1. The average molecular weight is 391 g/mol. The SMILES string of the molecule is [2H]c1nc(C2CCCN(C(=O)OC(C)(C)C)C2)c([2H])c(B2OC(C)(C)C(C)(C)O2)c1[2H]. The lowest BCUT2D eigenvalue weighted by Crippen LogP contribution is -2.42. The number of nitrogens with zero attached hydrogens (tertiary/aromatic N) is 2. The molecule has 154 valence electrons. The Balaban J connectivity index is 1.92. The molecule has 1 amide bonds. The highest BCUT2D eigenvalue weighted by Gasteiger charge is 2.51. The lowest BCUT2D eigenvalue weighted by Gasteiger charge is -2.34. The van der Waals surface area contributed by atoms with Gasteiger partial charge in [0.25, 0.3) is 0 Å². The molecule has 0 aliphatic carbocycles. The first-order valence-electron chi connectivity index (χ1n) is 11.4. The van der Waals surface area contributed by atoms with Crippen LogP contribution in [-0.4, -0.2) is 53.0 Å². The van der Waals surface area contributed by atoms with Crippen LogP contribution in [0.25, 0.3) is 0 Å². The second kappa shape index (κ2) is 7.34. The van der Waals surface area contributed by atoms with E-state index in [2.05, 4.69) is 4.98 Å². The molecule has 3 rings (SSSR count). The van der Waals surface area contributed by atoms with Gasteiger partial charge in [-0.15, -0.1) is 0 Å². The predicted octanol–water partition coefficient (Wildman–Crippen LogP) is 3.50. The Morgan fingerprint density at radius 2 is 1.96 bits per heavy atom. The number of hydrogen-bond donors (Lipinski definition) is 0. The van der Waals surface area contributed by atoms with E-state index >= 15 is 0 Å². The Bertz CT molecular complexity index is 857. The van der Waals surface area contributed by atoms with Crippen molar-refractivity contribution in [1.29, 1.82) is 0 Å². The van der Waals surface area contributed by atoms with Gasteiger partial charge in [0.2, 0.25) is 0 Å². The Morgan fingerprint density at radius 1 is 1.32 bits per heavy atom. The number of ether oxygens (including phenoxy) is 1. The minimum absolute atomic E-state index is 0.0514. The van der Waals surface area contributed by atoms with Gasteiger partial charge in [-0.3, -0.25) is 4.98 Å². The zero-order valence-electron chi connectivity index (χ0n) is 21.0. The number of hydrogen-bond acceptors (Lipinski definition) is 5. The quantitative estimate of drug-likeness (QED) is 0.723. The molecule has 28 heavy (non-hydrogen) atoms. The number of likely N-dealkylation sites (tertiary alicyclic amines) is 1. The molecule has 7 heteroatoms. The molecule has 6 nitrogen and oxygen atoms in total. The molecule has 1 unspecified atom stereocenters. The van der Waals surface area contributed by atoms with Crippen molar-refractivity contribution in [1.82, 2.24) is 9.88 Å². The van der Waals surface area contributed by atoms with E-state index in [1.807, 2.05) is 48.5 Å². The van der Waals surface area contributed by atoms with E-state index in [1.54, 1.807) is 4.90 Å². The van der Waals surface area contributed by atoms with Crippen LogP contribution < -0.4 is 5.46 Å². The molecule has 1 atom stereocenters. The molecule has 0 radical (unpaired) electrons. The predicted molar refractivity (Wildman–Crippen MR) is 110 cm³/mol. The van der Waals surface area contributed by atoms with Crippen LogP contribution in [0.5, 0.6) is 0 Å². The van der Waals surface area contributed by atoms with E-state index in [0.29, 0.717) is 18.8 Å². The van der Waals surface area contributed by atoms with Gasteiger partial charge in [0, 0.05) is 30.9 Å². The van der Waals surface area contributed by atoms with Gasteiger partial charge in [0.05, 0.1) is 15.3 Å². The molecule has 1 aromatic heterocycles. The number of carbonyl (C=O) groups excluding carboxylic acids is 1. The molecule has 2 fully saturated rings. The van der Waals surface area contributed by atoms with E-state index in [4.69, 9.17) is 18.2 Å². The normalized spacial score (nSPS) is 25.8. The minimum Gasteiger partial charge on any atom is -0.444 e. The van der Waals surface area contributed by atoms with Crippen molar-refractivity contribution in [3.05, 3.63) is 24.0 Å². The monoisotopic (exact) mass is 391 g/mol. The number of rotatable bonds is 2. The lowest BCUT2D eigenvalue weighted by molar-refractivity contribution is 0.00578. The minimum atomic E-state index is -0.915. The molecule has 3 heterocycles. The molecule has 0 aromatic carbocycles. The highest BCUT2D eigenvalue weighted by Crippen LogP contribution is 2.36. The number of pyridine rings is 1. The zero-order chi connectivity index (χ0) is 23.4. The van der Waals surface area contributed by atoms with Gasteiger partial charge >= 0.3 is 13.2 Å². The summed E-state index contributed by atoms with van der Waals surface area (Å²) in [6.07, 6.45) is 0.869. The average Bonchev–Trinajstić information content (AvgIpc) is 2.84. The summed E-state index contributed by atoms with van der Waals surface area (Å²) in [6.45, 7) is 14.0. The maximum absolute atomic E-state index is 12.5. The van der Waals surface area contributed by atoms with Gasteiger partial charge < -0.3 is 18.9 Å². The summed E-state index contributed by atoms with van der Waals surface area (Å²) in [5.41, 5.74) is -1.21. The second-order valence-electron chi connectivity index (χ2n) is 9.63. The van der Waals surface area contributed by atoms with Crippen LogP contribution in [0.1, 0.15) is 77.0 Å². The maximum Gasteiger partial charge on any atom is 0.494 e. The van der Waals surface area contributed by atoms with Crippen LogP contribution in [0, 0.1) is 0 Å². The van der Waals surface area contributed by atoms with E-state index in [1.165, 1.54) is 0 Å². The van der Waals surface area contributed by atoms with Gasteiger partial charge in [0.15, 0.2) is 0 Å². The van der Waals surface area contributed by atoms with E-state index in [9.17, 15) is 4.79 Å². The van der Waals surface area contributed by atoms with E-state index in [0.717, 1.165) is 12.8 Å². The number of carbonyl (C=O) groups is 1. The van der Waals surface area contributed by atoms with Crippen LogP contribution in [0.3, 0.4) is 0 Å². The lowest BCUT2D eigenvalue weighted by atomic mass is 9.78. The van der Waals surface area contributed by atoms with Crippen LogP contribution in [-0.2, 0) is 14.0 Å². The second-order valence-corrected chi connectivity index (χ2v) is 9.63. The van der Waals surface area contributed by atoms with Crippen molar-refractivity contribution in [2.24, 2.45) is 0 Å². The summed E-state index contributed by atoms with van der Waals surface area (Å²) in [7, 11) is -0.915. The molecule has 0 N–H and O–H groups in total. The van der Waals surface area contributed by atoms with E-state index in [-0.39, 0.29) is 29.6 Å². The smallest absolute Gasteiger partial charge is 0.444 e.